The van der Waals surface area contributed by atoms with Crippen molar-refractivity contribution in [2.24, 2.45) is 0 Å². The molecule has 0 saturated carbocycles. The maximum absolute atomic E-state index is 13.6. The molecule has 2 aromatic carbocycles. The van der Waals surface area contributed by atoms with Gasteiger partial charge in [-0.05, 0) is 24.6 Å². The van der Waals surface area contributed by atoms with E-state index in [9.17, 15) is 9.18 Å². The number of carbonyl (C=O) groups excluding carboxylic acids is 1. The number of aryl methyl sites for hydroxylation is 1. The van der Waals surface area contributed by atoms with Gasteiger partial charge >= 0.3 is 0 Å². The van der Waals surface area contributed by atoms with Crippen molar-refractivity contribution in [2.45, 2.75) is 13.5 Å². The van der Waals surface area contributed by atoms with Crippen LogP contribution >= 0.6 is 0 Å². The largest absolute Gasteiger partial charge is 0.328 e. The number of nitrogens with one attached hydrogen (secondary N) is 1. The predicted octanol–water partition coefficient (Wildman–Crippen LogP) is 2.07. The van der Waals surface area contributed by atoms with E-state index >= 15 is 0 Å². The van der Waals surface area contributed by atoms with E-state index < -0.39 is 0 Å². The van der Waals surface area contributed by atoms with Crippen LogP contribution in [0.4, 0.5) is 4.39 Å². The van der Waals surface area contributed by atoms with Gasteiger partial charge in [0.15, 0.2) is 0 Å². The molecular weight excluding hydrogens is 315 g/mol. The van der Waals surface area contributed by atoms with Gasteiger partial charge in [-0.1, -0.05) is 42.5 Å². The van der Waals surface area contributed by atoms with Crippen molar-refractivity contribution < 1.29 is 14.1 Å². The number of carbonyl (C=O) groups is 1. The third-order valence-corrected chi connectivity index (χ3v) is 4.79. The second-order valence-electron chi connectivity index (χ2n) is 6.53. The van der Waals surface area contributed by atoms with E-state index in [4.69, 9.17) is 0 Å². The first-order chi connectivity index (χ1) is 12.1. The molecule has 3 rings (SSSR count). The van der Waals surface area contributed by atoms with Gasteiger partial charge in [0, 0.05) is 17.2 Å². The molecule has 130 valence electrons. The maximum Gasteiger partial charge on any atom is 0.246 e. The lowest BCUT2D eigenvalue weighted by atomic mass is 10.1. The maximum atomic E-state index is 13.6. The van der Waals surface area contributed by atoms with Crippen LogP contribution in [0.5, 0.6) is 0 Å². The fourth-order valence-electron chi connectivity index (χ4n) is 3.17. The van der Waals surface area contributed by atoms with E-state index in [-0.39, 0.29) is 11.7 Å². The van der Waals surface area contributed by atoms with Gasteiger partial charge in [0.05, 0.1) is 26.2 Å². The smallest absolute Gasteiger partial charge is 0.246 e. The molecule has 3 nitrogen and oxygen atoms in total. The van der Waals surface area contributed by atoms with Crippen LogP contribution in [0.15, 0.2) is 54.6 Å². The highest BCUT2D eigenvalue weighted by molar-refractivity contribution is 5.91. The minimum Gasteiger partial charge on any atom is -0.328 e. The van der Waals surface area contributed by atoms with Crippen LogP contribution in [0.25, 0.3) is 6.08 Å². The molecule has 1 fully saturated rings. The average Bonchev–Trinajstić information content (AvgIpc) is 2.63. The quantitative estimate of drug-likeness (QED) is 0.848. The highest BCUT2D eigenvalue weighted by atomic mass is 19.1. The molecule has 0 atom stereocenters. The number of benzene rings is 2. The summed E-state index contributed by atoms with van der Waals surface area (Å²) < 4.78 is 13.6. The van der Waals surface area contributed by atoms with E-state index in [2.05, 4.69) is 31.2 Å². The molecule has 0 aliphatic carbocycles. The Labute approximate surface area is 148 Å². The second kappa shape index (κ2) is 8.08. The summed E-state index contributed by atoms with van der Waals surface area (Å²) in [5.74, 6) is -0.350. The lowest BCUT2D eigenvalue weighted by Crippen LogP contribution is -3.13. The van der Waals surface area contributed by atoms with Gasteiger partial charge in [0.1, 0.15) is 12.4 Å². The van der Waals surface area contributed by atoms with Crippen molar-refractivity contribution in [3.8, 4) is 0 Å². The third kappa shape index (κ3) is 4.54. The summed E-state index contributed by atoms with van der Waals surface area (Å²) in [6, 6.07) is 14.9. The first-order valence-corrected chi connectivity index (χ1v) is 8.73. The normalized spacial score (nSPS) is 15.7. The molecular formula is C21H24FN2O+. The number of nitrogens with zero attached hydrogens (tertiary/aromatic N) is 1. The SMILES string of the molecule is Cc1ccccc1C[NH+]1CCN(C(=O)/C=C/c2ccccc2F)CC1. The Bertz CT molecular complexity index is 764. The number of hydrogen-bond donors (Lipinski definition) is 1. The van der Waals surface area contributed by atoms with E-state index in [1.807, 2.05) is 4.90 Å². The molecule has 0 spiro atoms. The molecule has 0 bridgehead atoms. The molecule has 1 heterocycles. The van der Waals surface area contributed by atoms with Crippen LogP contribution in [0.1, 0.15) is 16.7 Å². The van der Waals surface area contributed by atoms with Gasteiger partial charge in [-0.2, -0.15) is 0 Å². The summed E-state index contributed by atoms with van der Waals surface area (Å²) in [6.07, 6.45) is 3.04. The van der Waals surface area contributed by atoms with Crippen LogP contribution in [0, 0.1) is 12.7 Å². The number of halogens is 1. The molecule has 0 aromatic heterocycles. The van der Waals surface area contributed by atoms with Gasteiger partial charge < -0.3 is 9.80 Å². The summed E-state index contributed by atoms with van der Waals surface area (Å²) >= 11 is 0. The van der Waals surface area contributed by atoms with Crippen molar-refractivity contribution in [1.82, 2.24) is 4.90 Å². The number of hydrogen-bond acceptors (Lipinski definition) is 1. The number of quaternary nitrogens is 1. The van der Waals surface area contributed by atoms with Crippen LogP contribution < -0.4 is 4.90 Å². The van der Waals surface area contributed by atoms with Gasteiger partial charge in [-0.3, -0.25) is 4.79 Å². The second-order valence-corrected chi connectivity index (χ2v) is 6.53. The molecule has 2 aromatic rings. The van der Waals surface area contributed by atoms with Gasteiger partial charge in [-0.25, -0.2) is 4.39 Å². The summed E-state index contributed by atoms with van der Waals surface area (Å²) in [5.41, 5.74) is 3.14. The molecule has 0 radical (unpaired) electrons. The average molecular weight is 339 g/mol. The molecule has 1 amide bonds. The Kier molecular flexibility index (Phi) is 5.61. The van der Waals surface area contributed by atoms with Crippen LogP contribution in [-0.2, 0) is 11.3 Å². The number of piperazine rings is 1. The molecule has 25 heavy (non-hydrogen) atoms. The molecule has 4 heteroatoms. The van der Waals surface area contributed by atoms with Crippen molar-refractivity contribution in [3.05, 3.63) is 77.1 Å². The van der Waals surface area contributed by atoms with Gasteiger partial charge in [0.25, 0.3) is 0 Å². The molecule has 1 aliphatic rings. The number of rotatable bonds is 4. The highest BCUT2D eigenvalue weighted by Gasteiger charge is 2.22. The summed E-state index contributed by atoms with van der Waals surface area (Å²) in [4.78, 5) is 15.7. The minimum atomic E-state index is -0.306. The van der Waals surface area contributed by atoms with Crippen molar-refractivity contribution >= 4 is 12.0 Å². The Morgan fingerprint density at radius 2 is 1.80 bits per heavy atom. The Morgan fingerprint density at radius 3 is 2.52 bits per heavy atom. The summed E-state index contributed by atoms with van der Waals surface area (Å²) in [6.45, 7) is 6.49. The fourth-order valence-corrected chi connectivity index (χ4v) is 3.17. The Balaban J connectivity index is 1.53. The van der Waals surface area contributed by atoms with Crippen LogP contribution in [-0.4, -0.2) is 37.0 Å². The summed E-state index contributed by atoms with van der Waals surface area (Å²) in [5, 5.41) is 0. The zero-order valence-electron chi connectivity index (χ0n) is 14.5. The zero-order chi connectivity index (χ0) is 17.6. The van der Waals surface area contributed by atoms with E-state index in [1.54, 1.807) is 24.3 Å². The predicted molar refractivity (Wildman–Crippen MR) is 97.6 cm³/mol. The van der Waals surface area contributed by atoms with E-state index in [0.29, 0.717) is 5.56 Å². The molecule has 1 aliphatic heterocycles. The fraction of sp³-hybridized carbons (Fsp3) is 0.286. The first kappa shape index (κ1) is 17.4. The third-order valence-electron chi connectivity index (χ3n) is 4.79. The van der Waals surface area contributed by atoms with Crippen molar-refractivity contribution in [2.75, 3.05) is 26.2 Å². The van der Waals surface area contributed by atoms with Crippen LogP contribution in [0.2, 0.25) is 0 Å². The Hall–Kier alpha value is -2.46. The lowest BCUT2D eigenvalue weighted by molar-refractivity contribution is -0.917. The topological polar surface area (TPSA) is 24.8 Å². The van der Waals surface area contributed by atoms with Crippen molar-refractivity contribution in [3.63, 3.8) is 0 Å². The molecule has 1 saturated heterocycles. The first-order valence-electron chi connectivity index (χ1n) is 8.73. The standard InChI is InChI=1S/C21H23FN2O/c1-17-6-2-3-8-19(17)16-23-12-14-24(15-13-23)21(25)11-10-18-7-4-5-9-20(18)22/h2-11H,12-16H2,1H3/p+1/b11-10+. The highest BCUT2D eigenvalue weighted by Crippen LogP contribution is 2.09. The molecule has 1 N–H and O–H groups in total. The van der Waals surface area contributed by atoms with Crippen LogP contribution in [0.3, 0.4) is 0 Å². The number of amides is 1. The monoisotopic (exact) mass is 339 g/mol. The van der Waals surface area contributed by atoms with E-state index in [0.717, 1.165) is 32.7 Å². The van der Waals surface area contributed by atoms with Gasteiger partial charge in [0.2, 0.25) is 5.91 Å². The Morgan fingerprint density at radius 1 is 1.12 bits per heavy atom. The zero-order valence-corrected chi connectivity index (χ0v) is 14.5. The molecule has 0 unspecified atom stereocenters. The minimum absolute atomic E-state index is 0.0433. The lowest BCUT2D eigenvalue weighted by Gasteiger charge is -2.32. The summed E-state index contributed by atoms with van der Waals surface area (Å²) in [7, 11) is 0. The van der Waals surface area contributed by atoms with Crippen molar-refractivity contribution in [1.29, 1.82) is 0 Å². The van der Waals surface area contributed by atoms with E-state index in [1.165, 1.54) is 28.2 Å². The van der Waals surface area contributed by atoms with Gasteiger partial charge in [-0.15, -0.1) is 0 Å².